The minimum Gasteiger partial charge on any atom is -0.456 e. The summed E-state index contributed by atoms with van der Waals surface area (Å²) in [6, 6.07) is 26.8. The molecule has 0 atom stereocenters. The van der Waals surface area contributed by atoms with E-state index in [2.05, 4.69) is 15.4 Å². The molecule has 3 amide bonds. The van der Waals surface area contributed by atoms with Crippen molar-refractivity contribution in [3.05, 3.63) is 120 Å². The number of carbonyl (C=O) groups is 3. The zero-order valence-electron chi connectivity index (χ0n) is 27.1. The van der Waals surface area contributed by atoms with E-state index in [0.717, 1.165) is 42.5 Å². The summed E-state index contributed by atoms with van der Waals surface area (Å²) in [7, 11) is -4.23. The van der Waals surface area contributed by atoms with Crippen molar-refractivity contribution in [2.24, 2.45) is 0 Å². The lowest BCUT2D eigenvalue weighted by atomic mass is 10.1. The smallest absolute Gasteiger partial charge is 0.268 e. The molecule has 11 nitrogen and oxygen atoms in total. The van der Waals surface area contributed by atoms with E-state index in [-0.39, 0.29) is 22.1 Å². The minimum atomic E-state index is -4.23. The number of aryl methyl sites for hydroxylation is 1. The van der Waals surface area contributed by atoms with Gasteiger partial charge in [-0.1, -0.05) is 61.7 Å². The normalized spacial score (nSPS) is 11.1. The van der Waals surface area contributed by atoms with E-state index in [4.69, 9.17) is 9.94 Å². The lowest BCUT2D eigenvalue weighted by molar-refractivity contribution is -0.129. The zero-order valence-corrected chi connectivity index (χ0v) is 28.0. The number of anilines is 2. The molecule has 0 fully saturated rings. The van der Waals surface area contributed by atoms with E-state index in [1.807, 2.05) is 31.2 Å². The van der Waals surface area contributed by atoms with E-state index in [1.54, 1.807) is 54.0 Å². The number of nitrogens with one attached hydrogen (secondary N) is 4. The molecule has 0 heterocycles. The topological polar surface area (TPSA) is 163 Å². The molecule has 5 N–H and O–H groups in total. The molecule has 12 heteroatoms. The summed E-state index contributed by atoms with van der Waals surface area (Å²) in [6.07, 6.45) is 7.81. The van der Waals surface area contributed by atoms with Gasteiger partial charge in [-0.15, -0.1) is 0 Å². The molecular weight excluding hydrogens is 644 g/mol. The van der Waals surface area contributed by atoms with E-state index in [0.29, 0.717) is 30.8 Å². The number of benzene rings is 4. The van der Waals surface area contributed by atoms with Crippen molar-refractivity contribution in [1.29, 1.82) is 0 Å². The molecule has 256 valence electrons. The van der Waals surface area contributed by atoms with Gasteiger partial charge in [0.2, 0.25) is 11.8 Å². The maximum Gasteiger partial charge on any atom is 0.268 e. The van der Waals surface area contributed by atoms with Gasteiger partial charge in [-0.05, 0) is 85.5 Å². The molecule has 0 aromatic heterocycles. The van der Waals surface area contributed by atoms with Crippen molar-refractivity contribution in [2.75, 3.05) is 17.2 Å². The Labute approximate surface area is 286 Å². The molecule has 0 aliphatic rings. The lowest BCUT2D eigenvalue weighted by Gasteiger charge is -2.14. The third-order valence-electron chi connectivity index (χ3n) is 7.49. The number of unbranched alkanes of at least 4 members (excludes halogenated alkanes) is 4. The average molecular weight is 685 g/mol. The van der Waals surface area contributed by atoms with Gasteiger partial charge < -0.3 is 15.4 Å². The third-order valence-corrected chi connectivity index (χ3v) is 8.84. The number of para-hydroxylation sites is 1. The van der Waals surface area contributed by atoms with Gasteiger partial charge in [0.15, 0.2) is 0 Å². The van der Waals surface area contributed by atoms with Crippen LogP contribution in [0.4, 0.5) is 11.4 Å². The van der Waals surface area contributed by atoms with Crippen molar-refractivity contribution in [1.82, 2.24) is 10.2 Å². The van der Waals surface area contributed by atoms with Gasteiger partial charge in [-0.2, -0.15) is 0 Å². The highest BCUT2D eigenvalue weighted by Crippen LogP contribution is 2.29. The summed E-state index contributed by atoms with van der Waals surface area (Å²) >= 11 is 0. The Hall–Kier alpha value is -5.46. The molecule has 4 aromatic carbocycles. The zero-order chi connectivity index (χ0) is 35.1. The fourth-order valence-electron chi connectivity index (χ4n) is 4.83. The molecular formula is C37H40N4O7S. The van der Waals surface area contributed by atoms with Gasteiger partial charge >= 0.3 is 0 Å². The molecule has 0 bridgehead atoms. The SMILES string of the molecule is Cc1ccccc1C=CC(=O)Nc1ccc(C(=O)NS(=O)(=O)c2ccc(NCCCCCCCC(=O)NO)cc2)c(Oc2ccccc2)c1. The summed E-state index contributed by atoms with van der Waals surface area (Å²) in [5.74, 6) is -1.21. The van der Waals surface area contributed by atoms with Crippen molar-refractivity contribution in [3.8, 4) is 11.5 Å². The standard InChI is InChI=1S/C37H40N4O7S/c1-27-12-9-10-13-28(27)17-24-35(42)39-30-20-23-33(34(26-30)48-31-14-6-5-7-15-31)37(44)41-49(46,47)32-21-18-29(19-22-32)38-25-11-4-2-3-8-16-36(43)40-45/h5-7,9-10,12-15,17-24,26,38,45H,2-4,8,11,16,25H2,1H3,(H,39,42)(H,40,43)(H,41,44). The highest BCUT2D eigenvalue weighted by atomic mass is 32.2. The summed E-state index contributed by atoms with van der Waals surface area (Å²) < 4.78 is 34.4. The van der Waals surface area contributed by atoms with Gasteiger partial charge in [-0.25, -0.2) is 18.6 Å². The second kappa shape index (κ2) is 18.2. The Bertz CT molecular complexity index is 1860. The predicted molar refractivity (Wildman–Crippen MR) is 189 cm³/mol. The highest BCUT2D eigenvalue weighted by Gasteiger charge is 2.22. The molecule has 0 aliphatic heterocycles. The van der Waals surface area contributed by atoms with Gasteiger partial charge in [0, 0.05) is 36.5 Å². The van der Waals surface area contributed by atoms with Crippen molar-refractivity contribution >= 4 is 45.2 Å². The molecule has 0 saturated carbocycles. The molecule has 0 spiro atoms. The maximum absolute atomic E-state index is 13.3. The first-order valence-corrected chi connectivity index (χ1v) is 17.4. The number of amides is 3. The number of rotatable bonds is 17. The summed E-state index contributed by atoms with van der Waals surface area (Å²) in [4.78, 5) is 37.0. The molecule has 4 aromatic rings. The number of hydroxylamine groups is 1. The van der Waals surface area contributed by atoms with E-state index >= 15 is 0 Å². The average Bonchev–Trinajstić information content (AvgIpc) is 3.09. The monoisotopic (exact) mass is 684 g/mol. The van der Waals surface area contributed by atoms with Crippen molar-refractivity contribution in [3.63, 3.8) is 0 Å². The Morgan fingerprint density at radius 2 is 1.47 bits per heavy atom. The number of ether oxygens (including phenoxy) is 1. The Balaban J connectivity index is 1.38. The molecule has 0 unspecified atom stereocenters. The lowest BCUT2D eigenvalue weighted by Crippen LogP contribution is -2.30. The van der Waals surface area contributed by atoms with Gasteiger partial charge in [0.25, 0.3) is 15.9 Å². The summed E-state index contributed by atoms with van der Waals surface area (Å²) in [5.41, 5.74) is 4.58. The number of carbonyl (C=O) groups excluding carboxylic acids is 3. The van der Waals surface area contributed by atoms with Crippen LogP contribution < -0.4 is 25.6 Å². The molecule has 0 saturated heterocycles. The Morgan fingerprint density at radius 1 is 0.796 bits per heavy atom. The van der Waals surface area contributed by atoms with Crippen LogP contribution in [0.1, 0.15) is 60.0 Å². The first kappa shape index (κ1) is 36.4. The molecule has 0 aliphatic carbocycles. The van der Waals surface area contributed by atoms with E-state index < -0.39 is 21.8 Å². The van der Waals surface area contributed by atoms with E-state index in [1.165, 1.54) is 36.4 Å². The van der Waals surface area contributed by atoms with Gasteiger partial charge in [-0.3, -0.25) is 19.6 Å². The van der Waals surface area contributed by atoms with Gasteiger partial charge in [0.1, 0.15) is 11.5 Å². The Morgan fingerprint density at radius 3 is 2.20 bits per heavy atom. The molecule has 4 rings (SSSR count). The van der Waals surface area contributed by atoms with E-state index in [9.17, 15) is 22.8 Å². The van der Waals surface area contributed by atoms with Gasteiger partial charge in [0.05, 0.1) is 10.5 Å². The van der Waals surface area contributed by atoms with Crippen LogP contribution >= 0.6 is 0 Å². The largest absolute Gasteiger partial charge is 0.456 e. The fourth-order valence-corrected chi connectivity index (χ4v) is 5.79. The van der Waals surface area contributed by atoms with Crippen LogP contribution in [0.3, 0.4) is 0 Å². The Kier molecular flexibility index (Phi) is 13.5. The van der Waals surface area contributed by atoms with Crippen molar-refractivity contribution < 1.29 is 32.7 Å². The van der Waals surface area contributed by atoms with Crippen molar-refractivity contribution in [2.45, 2.75) is 50.3 Å². The number of hydrogen-bond acceptors (Lipinski definition) is 8. The number of hydrogen-bond donors (Lipinski definition) is 5. The van der Waals surface area contributed by atoms with Crippen LogP contribution in [0, 0.1) is 6.92 Å². The van der Waals surface area contributed by atoms with Crippen LogP contribution in [0.2, 0.25) is 0 Å². The molecule has 0 radical (unpaired) electrons. The predicted octanol–water partition coefficient (Wildman–Crippen LogP) is 6.82. The summed E-state index contributed by atoms with van der Waals surface area (Å²) in [5, 5.41) is 14.5. The highest BCUT2D eigenvalue weighted by molar-refractivity contribution is 7.90. The summed E-state index contributed by atoms with van der Waals surface area (Å²) in [6.45, 7) is 2.63. The van der Waals surface area contributed by atoms with Crippen LogP contribution in [-0.4, -0.2) is 37.9 Å². The first-order valence-electron chi connectivity index (χ1n) is 15.9. The van der Waals surface area contributed by atoms with Crippen LogP contribution in [0.25, 0.3) is 6.08 Å². The second-order valence-corrected chi connectivity index (χ2v) is 12.9. The molecule has 49 heavy (non-hydrogen) atoms. The third kappa shape index (κ3) is 11.6. The first-order chi connectivity index (χ1) is 23.6. The van der Waals surface area contributed by atoms with Crippen LogP contribution in [0.15, 0.2) is 108 Å². The minimum absolute atomic E-state index is 0.0455. The second-order valence-electron chi connectivity index (χ2n) is 11.2. The quantitative estimate of drug-likeness (QED) is 0.0350. The maximum atomic E-state index is 13.3. The fraction of sp³-hybridized carbons (Fsp3) is 0.216. The van der Waals surface area contributed by atoms with Crippen LogP contribution in [0.5, 0.6) is 11.5 Å². The number of sulfonamides is 1. The van der Waals surface area contributed by atoms with Crippen LogP contribution in [-0.2, 0) is 19.6 Å².